The van der Waals surface area contributed by atoms with Gasteiger partial charge < -0.3 is 10.1 Å². The second kappa shape index (κ2) is 7.27. The Morgan fingerprint density at radius 1 is 1.44 bits per heavy atom. The Labute approximate surface area is 115 Å². The molecular weight excluding hydrogens is 242 g/mol. The Morgan fingerprint density at radius 2 is 2.28 bits per heavy atom. The van der Waals surface area contributed by atoms with E-state index < -0.39 is 0 Å². The lowest BCUT2D eigenvalue weighted by Crippen LogP contribution is -2.30. The summed E-state index contributed by atoms with van der Waals surface area (Å²) in [5, 5.41) is 5.66. The van der Waals surface area contributed by atoms with Gasteiger partial charge in [-0.3, -0.25) is 0 Å². The van der Waals surface area contributed by atoms with E-state index >= 15 is 0 Å². The molecule has 18 heavy (non-hydrogen) atoms. The van der Waals surface area contributed by atoms with Gasteiger partial charge in [0.25, 0.3) is 0 Å². The zero-order chi connectivity index (χ0) is 12.8. The van der Waals surface area contributed by atoms with Gasteiger partial charge in [-0.05, 0) is 37.1 Å². The van der Waals surface area contributed by atoms with E-state index in [1.165, 1.54) is 30.6 Å². The molecule has 0 spiro atoms. The quantitative estimate of drug-likeness (QED) is 0.787. The number of rotatable bonds is 6. The number of hydrogen-bond acceptors (Lipinski definition) is 3. The molecule has 1 fully saturated rings. The van der Waals surface area contributed by atoms with E-state index in [9.17, 15) is 0 Å². The molecule has 1 aliphatic rings. The van der Waals surface area contributed by atoms with Gasteiger partial charge in [-0.25, -0.2) is 0 Å². The van der Waals surface area contributed by atoms with E-state index in [2.05, 4.69) is 36.7 Å². The maximum Gasteiger partial charge on any atom is 0.0601 e. The highest BCUT2D eigenvalue weighted by Gasteiger charge is 2.21. The molecule has 0 bridgehead atoms. The van der Waals surface area contributed by atoms with E-state index in [-0.39, 0.29) is 0 Å². The van der Waals surface area contributed by atoms with E-state index in [0.29, 0.717) is 12.1 Å². The van der Waals surface area contributed by atoms with Gasteiger partial charge in [0.1, 0.15) is 0 Å². The highest BCUT2D eigenvalue weighted by molar-refractivity contribution is 7.10. The summed E-state index contributed by atoms with van der Waals surface area (Å²) in [5.74, 6) is 0.744. The van der Waals surface area contributed by atoms with Gasteiger partial charge >= 0.3 is 0 Å². The fourth-order valence-electron chi connectivity index (χ4n) is 2.65. The number of nitrogens with one attached hydrogen (secondary N) is 1. The Morgan fingerprint density at radius 3 is 3.00 bits per heavy atom. The van der Waals surface area contributed by atoms with Crippen molar-refractivity contribution in [1.29, 1.82) is 0 Å². The normalized spacial score (nSPS) is 26.1. The van der Waals surface area contributed by atoms with Gasteiger partial charge in [0, 0.05) is 17.5 Å². The molecular formula is C15H25NOS. The van der Waals surface area contributed by atoms with Crippen LogP contribution in [0.3, 0.4) is 0 Å². The first-order chi connectivity index (χ1) is 8.77. The van der Waals surface area contributed by atoms with Crippen LogP contribution in [0.1, 0.15) is 50.4 Å². The summed E-state index contributed by atoms with van der Waals surface area (Å²) in [4.78, 5) is 1.40. The second-order valence-electron chi connectivity index (χ2n) is 5.36. The predicted octanol–water partition coefficient (Wildman–Crippen LogP) is 3.99. The SMILES string of the molecule is CC(NCCOC1CCCCC1C)c1cccs1. The van der Waals surface area contributed by atoms with Gasteiger partial charge in [0.05, 0.1) is 12.7 Å². The highest BCUT2D eigenvalue weighted by Crippen LogP contribution is 2.26. The number of hydrogen-bond donors (Lipinski definition) is 1. The van der Waals surface area contributed by atoms with Crippen molar-refractivity contribution < 1.29 is 4.74 Å². The standard InChI is InChI=1S/C15H25NOS/c1-12-6-3-4-7-14(12)17-10-9-16-13(2)15-8-5-11-18-15/h5,8,11-14,16H,3-4,6-7,9-10H2,1-2H3. The fraction of sp³-hybridized carbons (Fsp3) is 0.733. The minimum Gasteiger partial charge on any atom is -0.377 e. The van der Waals surface area contributed by atoms with Crippen LogP contribution in [0.2, 0.25) is 0 Å². The molecule has 2 rings (SSSR count). The zero-order valence-electron chi connectivity index (χ0n) is 11.5. The third-order valence-electron chi connectivity index (χ3n) is 3.89. The van der Waals surface area contributed by atoms with Gasteiger partial charge in [0.2, 0.25) is 0 Å². The lowest BCUT2D eigenvalue weighted by atomic mass is 9.88. The van der Waals surface area contributed by atoms with Crippen molar-refractivity contribution in [2.24, 2.45) is 5.92 Å². The molecule has 2 nitrogen and oxygen atoms in total. The van der Waals surface area contributed by atoms with Crippen LogP contribution in [0.4, 0.5) is 0 Å². The van der Waals surface area contributed by atoms with Crippen molar-refractivity contribution in [3.63, 3.8) is 0 Å². The summed E-state index contributed by atoms with van der Waals surface area (Å²) < 4.78 is 6.00. The minimum atomic E-state index is 0.442. The van der Waals surface area contributed by atoms with Crippen LogP contribution in [0, 0.1) is 5.92 Å². The Hall–Kier alpha value is -0.380. The number of ether oxygens (including phenoxy) is 1. The molecule has 102 valence electrons. The smallest absolute Gasteiger partial charge is 0.0601 e. The van der Waals surface area contributed by atoms with Crippen LogP contribution in [-0.4, -0.2) is 19.3 Å². The summed E-state index contributed by atoms with van der Waals surface area (Å²) in [5.41, 5.74) is 0. The van der Waals surface area contributed by atoms with Gasteiger partial charge in [-0.1, -0.05) is 25.8 Å². The van der Waals surface area contributed by atoms with Gasteiger partial charge in [0.15, 0.2) is 0 Å². The molecule has 0 aromatic carbocycles. The van der Waals surface area contributed by atoms with E-state index in [0.717, 1.165) is 19.1 Å². The average Bonchev–Trinajstić information content (AvgIpc) is 2.90. The van der Waals surface area contributed by atoms with Crippen LogP contribution in [-0.2, 0) is 4.74 Å². The van der Waals surface area contributed by atoms with E-state index in [1.54, 1.807) is 0 Å². The average molecular weight is 267 g/mol. The van der Waals surface area contributed by atoms with Crippen LogP contribution in [0.25, 0.3) is 0 Å². The molecule has 0 amide bonds. The Balaban J connectivity index is 1.61. The summed E-state index contributed by atoms with van der Waals surface area (Å²) in [6.07, 6.45) is 5.81. The topological polar surface area (TPSA) is 21.3 Å². The van der Waals surface area contributed by atoms with Crippen molar-refractivity contribution in [1.82, 2.24) is 5.32 Å². The molecule has 0 radical (unpaired) electrons. The predicted molar refractivity (Wildman–Crippen MR) is 78.1 cm³/mol. The molecule has 3 unspecified atom stereocenters. The van der Waals surface area contributed by atoms with Crippen LogP contribution in [0.5, 0.6) is 0 Å². The summed E-state index contributed by atoms with van der Waals surface area (Å²) >= 11 is 1.81. The Kier molecular flexibility index (Phi) is 5.67. The van der Waals surface area contributed by atoms with Crippen molar-refractivity contribution in [3.8, 4) is 0 Å². The molecule has 1 aromatic heterocycles. The fourth-order valence-corrected chi connectivity index (χ4v) is 3.41. The van der Waals surface area contributed by atoms with Gasteiger partial charge in [-0.2, -0.15) is 0 Å². The number of thiophene rings is 1. The van der Waals surface area contributed by atoms with Crippen molar-refractivity contribution in [2.45, 2.75) is 51.7 Å². The van der Waals surface area contributed by atoms with Crippen molar-refractivity contribution in [2.75, 3.05) is 13.2 Å². The van der Waals surface area contributed by atoms with Crippen LogP contribution >= 0.6 is 11.3 Å². The lowest BCUT2D eigenvalue weighted by Gasteiger charge is -2.29. The third-order valence-corrected chi connectivity index (χ3v) is 4.94. The first-order valence-electron chi connectivity index (χ1n) is 7.15. The third kappa shape index (κ3) is 4.08. The molecule has 1 heterocycles. The molecule has 1 aromatic rings. The van der Waals surface area contributed by atoms with E-state index in [1.807, 2.05) is 11.3 Å². The monoisotopic (exact) mass is 267 g/mol. The molecule has 3 atom stereocenters. The van der Waals surface area contributed by atoms with Crippen LogP contribution < -0.4 is 5.32 Å². The van der Waals surface area contributed by atoms with Gasteiger partial charge in [-0.15, -0.1) is 11.3 Å². The summed E-state index contributed by atoms with van der Waals surface area (Å²) in [6.45, 7) is 6.33. The summed E-state index contributed by atoms with van der Waals surface area (Å²) in [7, 11) is 0. The first-order valence-corrected chi connectivity index (χ1v) is 8.03. The highest BCUT2D eigenvalue weighted by atomic mass is 32.1. The molecule has 1 aliphatic carbocycles. The summed E-state index contributed by atoms with van der Waals surface area (Å²) in [6, 6.07) is 4.74. The largest absolute Gasteiger partial charge is 0.377 e. The minimum absolute atomic E-state index is 0.442. The molecule has 0 aliphatic heterocycles. The Bertz CT molecular complexity index is 325. The zero-order valence-corrected chi connectivity index (χ0v) is 12.3. The second-order valence-corrected chi connectivity index (χ2v) is 6.34. The maximum absolute atomic E-state index is 6.00. The maximum atomic E-state index is 6.00. The lowest BCUT2D eigenvalue weighted by molar-refractivity contribution is -0.00370. The van der Waals surface area contributed by atoms with Crippen molar-refractivity contribution in [3.05, 3.63) is 22.4 Å². The molecule has 0 saturated heterocycles. The first kappa shape index (κ1) is 14.0. The van der Waals surface area contributed by atoms with E-state index in [4.69, 9.17) is 4.74 Å². The molecule has 1 saturated carbocycles. The van der Waals surface area contributed by atoms with Crippen LogP contribution in [0.15, 0.2) is 17.5 Å². The van der Waals surface area contributed by atoms with Crippen molar-refractivity contribution >= 4 is 11.3 Å². The molecule has 3 heteroatoms. The molecule has 1 N–H and O–H groups in total.